The molecule has 2 atom stereocenters. The van der Waals surface area contributed by atoms with E-state index >= 15 is 0 Å². The lowest BCUT2D eigenvalue weighted by molar-refractivity contribution is -0.134. The van der Waals surface area contributed by atoms with Crippen LogP contribution >= 0.6 is 0 Å². The first-order chi connectivity index (χ1) is 15.2. The molecule has 0 radical (unpaired) electrons. The number of ether oxygens (including phenoxy) is 1. The summed E-state index contributed by atoms with van der Waals surface area (Å²) in [6, 6.07) is -0.372. The van der Waals surface area contributed by atoms with Crippen molar-refractivity contribution < 1.29 is 27.9 Å². The summed E-state index contributed by atoms with van der Waals surface area (Å²) in [6.45, 7) is 4.61. The molecule has 1 amide bonds. The molecule has 0 bridgehead atoms. The van der Waals surface area contributed by atoms with Crippen molar-refractivity contribution in [2.45, 2.75) is 52.0 Å². The molecule has 1 aliphatic carbocycles. The summed E-state index contributed by atoms with van der Waals surface area (Å²) >= 11 is 0. The third-order valence-corrected chi connectivity index (χ3v) is 7.63. The van der Waals surface area contributed by atoms with E-state index in [4.69, 9.17) is 14.8 Å². The molecular weight excluding hydrogens is 434 g/mol. The van der Waals surface area contributed by atoms with Gasteiger partial charge in [-0.05, 0) is 52.0 Å². The van der Waals surface area contributed by atoms with Crippen LogP contribution in [0.4, 0.5) is 0 Å². The topological polar surface area (TPSA) is 125 Å². The molecule has 2 N–H and O–H groups in total. The Bertz CT molecular complexity index is 980. The van der Waals surface area contributed by atoms with Crippen LogP contribution in [0.5, 0.6) is 0 Å². The minimum Gasteiger partial charge on any atom is -0.492 e. The van der Waals surface area contributed by atoms with Crippen molar-refractivity contribution in [1.82, 2.24) is 9.62 Å². The number of nitrogens with zero attached hydrogens (tertiary/aromatic N) is 2. The van der Waals surface area contributed by atoms with Crippen molar-refractivity contribution in [1.29, 1.82) is 0 Å². The van der Waals surface area contributed by atoms with Crippen molar-refractivity contribution in [2.24, 2.45) is 10.9 Å². The van der Waals surface area contributed by atoms with Crippen molar-refractivity contribution in [2.75, 3.05) is 25.4 Å². The normalized spacial score (nSPS) is 24.6. The van der Waals surface area contributed by atoms with Gasteiger partial charge in [-0.1, -0.05) is 12.2 Å². The van der Waals surface area contributed by atoms with Crippen LogP contribution in [0.1, 0.15) is 46.0 Å². The minimum atomic E-state index is -3.90. The predicted octanol–water partition coefficient (Wildman–Crippen LogP) is 1.99. The molecular formula is C22H31N3O6S. The minimum absolute atomic E-state index is 0.0762. The number of fused-ring (bicyclic) bond motifs is 1. The zero-order chi connectivity index (χ0) is 23.3. The van der Waals surface area contributed by atoms with Crippen molar-refractivity contribution >= 4 is 27.6 Å². The Morgan fingerprint density at radius 1 is 1.34 bits per heavy atom. The highest BCUT2D eigenvalue weighted by Gasteiger charge is 2.32. The lowest BCUT2D eigenvalue weighted by Gasteiger charge is -2.32. The van der Waals surface area contributed by atoms with E-state index < -0.39 is 21.7 Å². The van der Waals surface area contributed by atoms with E-state index in [-0.39, 0.29) is 31.0 Å². The van der Waals surface area contributed by atoms with Gasteiger partial charge < -0.3 is 15.2 Å². The number of carbonyl (C=O) groups excluding carboxylic acids is 1. The highest BCUT2D eigenvalue weighted by atomic mass is 32.2. The van der Waals surface area contributed by atoms with E-state index in [1.807, 2.05) is 26.0 Å². The lowest BCUT2D eigenvalue weighted by Crippen LogP contribution is -2.50. The van der Waals surface area contributed by atoms with Crippen LogP contribution in [0.2, 0.25) is 0 Å². The van der Waals surface area contributed by atoms with Gasteiger partial charge in [-0.25, -0.2) is 8.42 Å². The van der Waals surface area contributed by atoms with Gasteiger partial charge in [0, 0.05) is 36.3 Å². The molecule has 0 aromatic carbocycles. The number of carboxylic acids is 1. The monoisotopic (exact) mass is 465 g/mol. The first kappa shape index (κ1) is 24.2. The average Bonchev–Trinajstić information content (AvgIpc) is 3.00. The summed E-state index contributed by atoms with van der Waals surface area (Å²) in [6.07, 6.45) is 9.32. The van der Waals surface area contributed by atoms with E-state index in [1.54, 1.807) is 0 Å². The number of carbonyl (C=O) groups is 2. The van der Waals surface area contributed by atoms with Gasteiger partial charge in [0.05, 0.1) is 12.3 Å². The van der Waals surface area contributed by atoms with Gasteiger partial charge in [0.1, 0.15) is 5.76 Å². The van der Waals surface area contributed by atoms with E-state index in [1.165, 1.54) is 0 Å². The molecule has 176 valence electrons. The average molecular weight is 466 g/mol. The lowest BCUT2D eigenvalue weighted by atomic mass is 9.92. The molecule has 10 heteroatoms. The third kappa shape index (κ3) is 5.86. The van der Waals surface area contributed by atoms with Crippen LogP contribution in [-0.2, 0) is 24.3 Å². The van der Waals surface area contributed by atoms with E-state index in [0.717, 1.165) is 28.6 Å². The SMILES string of the molecule is CCOC1=CC=CC[C@@H]2CCC(C(=O)N[C@H]3CCCN(S(=O)(=O)CC(=O)O)C3)=C(C)N=C12. The van der Waals surface area contributed by atoms with Crippen LogP contribution in [0.15, 0.2) is 40.2 Å². The summed E-state index contributed by atoms with van der Waals surface area (Å²) < 4.78 is 31.5. The van der Waals surface area contributed by atoms with Gasteiger partial charge in [0.2, 0.25) is 15.9 Å². The molecule has 3 rings (SSSR count). The summed E-state index contributed by atoms with van der Waals surface area (Å²) in [5.41, 5.74) is 2.09. The third-order valence-electron chi connectivity index (χ3n) is 5.90. The molecule has 2 heterocycles. The Labute approximate surface area is 189 Å². The number of hydrogen-bond donors (Lipinski definition) is 2. The fourth-order valence-electron chi connectivity index (χ4n) is 4.33. The first-order valence-corrected chi connectivity index (χ1v) is 12.6. The smallest absolute Gasteiger partial charge is 0.320 e. The standard InChI is InChI=1S/C22H31N3O6S/c1-3-31-19-9-5-4-7-16-10-11-18(15(2)23-21(16)19)22(28)24-17-8-6-12-25(13-17)32(29,30)14-20(26)27/h4-5,9,16-17H,3,6-8,10-14H2,1-2H3,(H,24,28)(H,26,27)/t16-,17+/m1/s1. The van der Waals surface area contributed by atoms with E-state index in [2.05, 4.69) is 11.4 Å². The second-order valence-corrected chi connectivity index (χ2v) is 10.2. The van der Waals surface area contributed by atoms with Gasteiger partial charge >= 0.3 is 5.97 Å². The molecule has 2 aliphatic heterocycles. The van der Waals surface area contributed by atoms with E-state index in [0.29, 0.717) is 37.1 Å². The van der Waals surface area contributed by atoms with Gasteiger partial charge in [-0.15, -0.1) is 0 Å². The Morgan fingerprint density at radius 2 is 2.12 bits per heavy atom. The molecule has 0 aromatic heterocycles. The van der Waals surface area contributed by atoms with Crippen LogP contribution in [-0.4, -0.2) is 66.9 Å². The summed E-state index contributed by atoms with van der Waals surface area (Å²) in [7, 11) is -3.90. The zero-order valence-corrected chi connectivity index (χ0v) is 19.4. The molecule has 0 aromatic rings. The van der Waals surface area contributed by atoms with Crippen LogP contribution in [0.25, 0.3) is 0 Å². The maximum atomic E-state index is 13.1. The summed E-state index contributed by atoms with van der Waals surface area (Å²) in [5.74, 6) is -1.68. The first-order valence-electron chi connectivity index (χ1n) is 11.0. The van der Waals surface area contributed by atoms with E-state index in [9.17, 15) is 18.0 Å². The van der Waals surface area contributed by atoms with Gasteiger partial charge in [0.15, 0.2) is 5.75 Å². The number of carboxylic acid groups (broad SMARTS) is 1. The molecule has 32 heavy (non-hydrogen) atoms. The Balaban J connectivity index is 1.73. The second-order valence-electron chi connectivity index (χ2n) is 8.24. The number of aliphatic imine (C=N–C) groups is 1. The number of sulfonamides is 1. The van der Waals surface area contributed by atoms with Crippen LogP contribution in [0.3, 0.4) is 0 Å². The Hall–Kier alpha value is -2.46. The van der Waals surface area contributed by atoms with Gasteiger partial charge in [-0.3, -0.25) is 14.6 Å². The highest BCUT2D eigenvalue weighted by Crippen LogP contribution is 2.30. The quantitative estimate of drug-likeness (QED) is 0.592. The van der Waals surface area contributed by atoms with Crippen LogP contribution in [0, 0.1) is 5.92 Å². The molecule has 0 saturated carbocycles. The number of nitrogens with one attached hydrogen (secondary N) is 1. The largest absolute Gasteiger partial charge is 0.492 e. The molecule has 1 fully saturated rings. The number of amides is 1. The number of allylic oxidation sites excluding steroid dienone is 5. The molecule has 1 saturated heterocycles. The predicted molar refractivity (Wildman–Crippen MR) is 120 cm³/mol. The number of piperidine rings is 1. The Kier molecular flexibility index (Phi) is 7.89. The van der Waals surface area contributed by atoms with Crippen molar-refractivity contribution in [3.05, 3.63) is 35.3 Å². The maximum Gasteiger partial charge on any atom is 0.320 e. The number of rotatable bonds is 7. The number of aliphatic carboxylic acids is 1. The molecule has 3 aliphatic rings. The van der Waals surface area contributed by atoms with Gasteiger partial charge in [-0.2, -0.15) is 4.31 Å². The molecule has 9 nitrogen and oxygen atoms in total. The fourth-order valence-corrected chi connectivity index (χ4v) is 5.64. The highest BCUT2D eigenvalue weighted by molar-refractivity contribution is 7.89. The maximum absolute atomic E-state index is 13.1. The van der Waals surface area contributed by atoms with Crippen LogP contribution < -0.4 is 5.32 Å². The summed E-state index contributed by atoms with van der Waals surface area (Å²) in [4.78, 5) is 28.7. The van der Waals surface area contributed by atoms with Gasteiger partial charge in [0.25, 0.3) is 0 Å². The summed E-state index contributed by atoms with van der Waals surface area (Å²) in [5, 5.41) is 11.8. The molecule has 0 unspecified atom stereocenters. The zero-order valence-electron chi connectivity index (χ0n) is 18.5. The van der Waals surface area contributed by atoms with Crippen molar-refractivity contribution in [3.8, 4) is 0 Å². The Morgan fingerprint density at radius 3 is 2.84 bits per heavy atom. The van der Waals surface area contributed by atoms with Crippen molar-refractivity contribution in [3.63, 3.8) is 0 Å². The fraction of sp³-hybridized carbons (Fsp3) is 0.591. The number of hydrogen-bond acceptors (Lipinski definition) is 6. The molecule has 0 spiro atoms. The second kappa shape index (κ2) is 10.4.